The number of hydrogen-bond acceptors (Lipinski definition) is 15. The first kappa shape index (κ1) is 98.5. The molecule has 2 unspecified atom stereocenters. The number of allylic oxidation sites excluding steroid dienone is 12. The van der Waals surface area contributed by atoms with Crippen LogP contribution in [-0.4, -0.2) is 96.7 Å². The van der Waals surface area contributed by atoms with E-state index in [4.69, 9.17) is 37.0 Å². The molecule has 5 atom stereocenters. The smallest absolute Gasteiger partial charge is 0.462 e. The van der Waals surface area contributed by atoms with Gasteiger partial charge in [0.25, 0.3) is 0 Å². The molecule has 0 rings (SSSR count). The van der Waals surface area contributed by atoms with Crippen molar-refractivity contribution >= 4 is 39.5 Å². The van der Waals surface area contributed by atoms with Crippen LogP contribution < -0.4 is 0 Å². The summed E-state index contributed by atoms with van der Waals surface area (Å²) in [6.07, 6.45) is 77.3. The zero-order chi connectivity index (χ0) is 74.6. The standard InChI is InChI=1S/C83H150O17P2/c1-5-9-13-17-21-25-29-33-37-38-42-44-48-52-56-60-64-68-81(86)94-74-79(100-83(88)70-66-62-58-54-50-46-41-36-32-28-24-20-16-12-8-4)76-98-102(91,92)96-72-77(84)71-95-101(89,90)97-75-78(99-82(87)69-65-61-57-53-49-45-40-35-31-27-23-19-15-11-7-3)73-93-80(85)67-63-59-55-51-47-43-39-34-30-26-22-18-14-10-6-2/h21,25-27,30-31,33,37,42,44,52,56,77-79,84H,5-20,22-24,28-29,32,34-36,38-41,43,45-51,53-55,57-76H2,1-4H3,(H,89,90)(H,91,92)/b25-21-,30-26-,31-27-,37-33-,44-42-,56-52-/t77-,78+,79+/m0/s1. The highest BCUT2D eigenvalue weighted by molar-refractivity contribution is 7.47. The number of ether oxygens (including phenoxy) is 4. The van der Waals surface area contributed by atoms with Crippen LogP contribution in [0.3, 0.4) is 0 Å². The van der Waals surface area contributed by atoms with Crippen LogP contribution >= 0.6 is 15.6 Å². The second-order valence-corrected chi connectivity index (χ2v) is 30.6. The van der Waals surface area contributed by atoms with Crippen molar-refractivity contribution in [1.29, 1.82) is 0 Å². The Balaban J connectivity index is 5.38. The lowest BCUT2D eigenvalue weighted by Gasteiger charge is -2.21. The van der Waals surface area contributed by atoms with Gasteiger partial charge < -0.3 is 33.8 Å². The Kier molecular flexibility index (Phi) is 73.1. The van der Waals surface area contributed by atoms with Crippen LogP contribution in [0, 0.1) is 0 Å². The van der Waals surface area contributed by atoms with Gasteiger partial charge in [0, 0.05) is 25.7 Å². The summed E-state index contributed by atoms with van der Waals surface area (Å²) in [6, 6.07) is 0. The summed E-state index contributed by atoms with van der Waals surface area (Å²) in [4.78, 5) is 73.0. The Morgan fingerprint density at radius 1 is 0.275 bits per heavy atom. The van der Waals surface area contributed by atoms with Crippen molar-refractivity contribution in [2.24, 2.45) is 0 Å². The molecule has 0 heterocycles. The van der Waals surface area contributed by atoms with Crippen molar-refractivity contribution in [3.05, 3.63) is 72.9 Å². The minimum Gasteiger partial charge on any atom is -0.462 e. The first-order valence-electron chi connectivity index (χ1n) is 41.2. The Morgan fingerprint density at radius 2 is 0.490 bits per heavy atom. The SMILES string of the molecule is CCCCC/C=C\C/C=C\C/C=C\C/C=C\CCCC(=O)OC[C@H](COP(=O)(O)OC[C@@H](O)COP(=O)(O)OC[C@@H](COC(=O)CCCCCCCCC/C=C\CCCCCC)OC(=O)CCCCCCCCC/C=C\CCCCCC)OC(=O)CCCCCCCCCCCCCCCCC. The molecule has 0 radical (unpaired) electrons. The number of carbonyl (C=O) groups excluding carboxylic acids is 4. The van der Waals surface area contributed by atoms with Crippen molar-refractivity contribution in [3.63, 3.8) is 0 Å². The predicted molar refractivity (Wildman–Crippen MR) is 418 cm³/mol. The van der Waals surface area contributed by atoms with Crippen molar-refractivity contribution < 1.29 is 80.2 Å². The topological polar surface area (TPSA) is 237 Å². The summed E-state index contributed by atoms with van der Waals surface area (Å²) >= 11 is 0. The second-order valence-electron chi connectivity index (χ2n) is 27.7. The number of aliphatic hydroxyl groups excluding tert-OH is 1. The minimum atomic E-state index is -4.98. The third-order valence-corrected chi connectivity index (χ3v) is 19.5. The fourth-order valence-electron chi connectivity index (χ4n) is 11.3. The Bertz CT molecular complexity index is 2210. The van der Waals surface area contributed by atoms with Crippen LogP contribution in [0.2, 0.25) is 0 Å². The van der Waals surface area contributed by atoms with Crippen LogP contribution in [0.4, 0.5) is 0 Å². The molecule has 0 bridgehead atoms. The lowest BCUT2D eigenvalue weighted by atomic mass is 10.0. The van der Waals surface area contributed by atoms with Gasteiger partial charge in [0.2, 0.25) is 0 Å². The van der Waals surface area contributed by atoms with Crippen LogP contribution in [0.15, 0.2) is 72.9 Å². The first-order valence-corrected chi connectivity index (χ1v) is 44.2. The van der Waals surface area contributed by atoms with E-state index in [0.717, 1.165) is 141 Å². The Morgan fingerprint density at radius 3 is 0.814 bits per heavy atom. The minimum absolute atomic E-state index is 0.0890. The molecule has 0 fully saturated rings. The van der Waals surface area contributed by atoms with E-state index in [0.29, 0.717) is 32.1 Å². The number of phosphoric acid groups is 2. The molecule has 0 saturated carbocycles. The van der Waals surface area contributed by atoms with Crippen molar-refractivity contribution in [1.82, 2.24) is 0 Å². The summed E-state index contributed by atoms with van der Waals surface area (Å²) in [5, 5.41) is 10.6. The number of phosphoric ester groups is 2. The second kappa shape index (κ2) is 75.7. The molecule has 0 spiro atoms. The number of carbonyl (C=O) groups is 4. The number of esters is 4. The van der Waals surface area contributed by atoms with E-state index in [-0.39, 0.29) is 25.7 Å². The van der Waals surface area contributed by atoms with E-state index >= 15 is 0 Å². The fraction of sp³-hybridized carbons (Fsp3) is 0.807. The molecule has 102 heavy (non-hydrogen) atoms. The molecule has 0 aromatic heterocycles. The van der Waals surface area contributed by atoms with Crippen LogP contribution in [0.25, 0.3) is 0 Å². The highest BCUT2D eigenvalue weighted by atomic mass is 31.2. The van der Waals surface area contributed by atoms with Gasteiger partial charge in [-0.25, -0.2) is 9.13 Å². The van der Waals surface area contributed by atoms with Gasteiger partial charge in [0.15, 0.2) is 12.2 Å². The van der Waals surface area contributed by atoms with E-state index in [9.17, 15) is 43.2 Å². The summed E-state index contributed by atoms with van der Waals surface area (Å²) in [5.41, 5.74) is 0. The largest absolute Gasteiger partial charge is 0.472 e. The summed E-state index contributed by atoms with van der Waals surface area (Å²) in [6.45, 7) is 4.83. The summed E-state index contributed by atoms with van der Waals surface area (Å²) in [7, 11) is -9.96. The zero-order valence-electron chi connectivity index (χ0n) is 65.0. The molecule has 0 amide bonds. The van der Waals surface area contributed by atoms with E-state index in [1.165, 1.54) is 148 Å². The van der Waals surface area contributed by atoms with Gasteiger partial charge in [-0.1, -0.05) is 306 Å². The normalized spacial score (nSPS) is 14.2. The van der Waals surface area contributed by atoms with E-state index < -0.39 is 97.5 Å². The molecular weight excluding hydrogens is 1330 g/mol. The fourth-order valence-corrected chi connectivity index (χ4v) is 12.9. The maximum absolute atomic E-state index is 13.1. The molecule has 0 aromatic rings. The molecule has 0 aliphatic rings. The van der Waals surface area contributed by atoms with E-state index in [2.05, 4.69) is 88.5 Å². The third kappa shape index (κ3) is 74.8. The molecule has 594 valence electrons. The Labute approximate surface area is 622 Å². The van der Waals surface area contributed by atoms with Crippen molar-refractivity contribution in [2.75, 3.05) is 39.6 Å². The van der Waals surface area contributed by atoms with Crippen LogP contribution in [0.5, 0.6) is 0 Å². The van der Waals surface area contributed by atoms with Gasteiger partial charge in [0.1, 0.15) is 19.3 Å². The summed E-state index contributed by atoms with van der Waals surface area (Å²) < 4.78 is 68.6. The average Bonchev–Trinajstić information content (AvgIpc) is 0.923. The maximum atomic E-state index is 13.1. The number of rotatable bonds is 78. The van der Waals surface area contributed by atoms with E-state index in [1.807, 2.05) is 12.2 Å². The molecule has 19 heteroatoms. The average molecular weight is 1480 g/mol. The highest BCUT2D eigenvalue weighted by Gasteiger charge is 2.30. The Hall–Kier alpha value is -3.50. The number of aliphatic hydroxyl groups is 1. The molecule has 0 aliphatic carbocycles. The third-order valence-electron chi connectivity index (χ3n) is 17.6. The van der Waals surface area contributed by atoms with Crippen LogP contribution in [-0.2, 0) is 65.4 Å². The van der Waals surface area contributed by atoms with Gasteiger partial charge in [-0.05, 0) is 116 Å². The lowest BCUT2D eigenvalue weighted by Crippen LogP contribution is -2.30. The number of hydrogen-bond donors (Lipinski definition) is 3. The van der Waals surface area contributed by atoms with E-state index in [1.54, 1.807) is 0 Å². The molecule has 3 N–H and O–H groups in total. The van der Waals surface area contributed by atoms with Crippen molar-refractivity contribution in [2.45, 2.75) is 393 Å². The predicted octanol–water partition coefficient (Wildman–Crippen LogP) is 24.0. The van der Waals surface area contributed by atoms with Gasteiger partial charge in [-0.2, -0.15) is 0 Å². The molecule has 0 aromatic carbocycles. The zero-order valence-corrected chi connectivity index (χ0v) is 66.8. The monoisotopic (exact) mass is 1480 g/mol. The van der Waals surface area contributed by atoms with Crippen molar-refractivity contribution in [3.8, 4) is 0 Å². The van der Waals surface area contributed by atoms with Crippen LogP contribution in [0.1, 0.15) is 374 Å². The van der Waals surface area contributed by atoms with Gasteiger partial charge in [-0.3, -0.25) is 37.3 Å². The quantitative estimate of drug-likeness (QED) is 0.0169. The first-order chi connectivity index (χ1) is 49.7. The van der Waals surface area contributed by atoms with Gasteiger partial charge in [-0.15, -0.1) is 0 Å². The van der Waals surface area contributed by atoms with Gasteiger partial charge >= 0.3 is 39.5 Å². The molecule has 0 aliphatic heterocycles. The van der Waals surface area contributed by atoms with Gasteiger partial charge in [0.05, 0.1) is 26.4 Å². The molecule has 0 saturated heterocycles. The summed E-state index contributed by atoms with van der Waals surface area (Å²) in [5.74, 6) is -2.22. The molecule has 17 nitrogen and oxygen atoms in total. The molecular formula is C83H150O17P2. The lowest BCUT2D eigenvalue weighted by molar-refractivity contribution is -0.161. The number of unbranched alkanes of at least 4 members (excludes halogenated alkanes) is 40. The highest BCUT2D eigenvalue weighted by Crippen LogP contribution is 2.45. The maximum Gasteiger partial charge on any atom is 0.472 e.